The second-order valence-corrected chi connectivity index (χ2v) is 4.77. The molecular formula is C12H25NO2. The molecule has 3 nitrogen and oxygen atoms in total. The molecule has 0 aromatic heterocycles. The van der Waals surface area contributed by atoms with Gasteiger partial charge in [0.1, 0.15) is 0 Å². The largest absolute Gasteiger partial charge is 0.396 e. The van der Waals surface area contributed by atoms with Crippen molar-refractivity contribution in [2.75, 3.05) is 19.8 Å². The van der Waals surface area contributed by atoms with E-state index in [1.54, 1.807) is 0 Å². The van der Waals surface area contributed by atoms with Crippen LogP contribution in [0.1, 0.15) is 39.5 Å². The first-order chi connectivity index (χ1) is 7.24. The summed E-state index contributed by atoms with van der Waals surface area (Å²) >= 11 is 0. The molecule has 1 aliphatic rings. The summed E-state index contributed by atoms with van der Waals surface area (Å²) in [5.41, 5.74) is 0. The molecule has 90 valence electrons. The van der Waals surface area contributed by atoms with Gasteiger partial charge in [-0.25, -0.2) is 0 Å². The van der Waals surface area contributed by atoms with Crippen molar-refractivity contribution in [2.24, 2.45) is 5.92 Å². The van der Waals surface area contributed by atoms with E-state index in [2.05, 4.69) is 19.2 Å². The fourth-order valence-corrected chi connectivity index (χ4v) is 2.12. The van der Waals surface area contributed by atoms with Gasteiger partial charge in [-0.15, -0.1) is 0 Å². The van der Waals surface area contributed by atoms with Gasteiger partial charge in [0, 0.05) is 31.9 Å². The molecule has 2 atom stereocenters. The average Bonchev–Trinajstić information content (AvgIpc) is 2.45. The summed E-state index contributed by atoms with van der Waals surface area (Å²) in [5.74, 6) is 0.585. The molecule has 1 heterocycles. The van der Waals surface area contributed by atoms with Gasteiger partial charge in [-0.3, -0.25) is 0 Å². The lowest BCUT2D eigenvalue weighted by atomic mass is 9.98. The van der Waals surface area contributed by atoms with Crippen molar-refractivity contribution < 1.29 is 9.84 Å². The smallest absolute Gasteiger partial charge is 0.0480 e. The minimum atomic E-state index is 0.277. The van der Waals surface area contributed by atoms with Gasteiger partial charge in [0.15, 0.2) is 0 Å². The minimum Gasteiger partial charge on any atom is -0.396 e. The Kier molecular flexibility index (Phi) is 6.22. The molecule has 0 saturated carbocycles. The number of hydrogen-bond donors (Lipinski definition) is 2. The molecule has 0 aromatic rings. The standard InChI is InChI=1S/C12H25NO2/c1-10(2)12(5-7-14)13-11-4-3-8-15-9-6-11/h10-14H,3-9H2,1-2H3. The van der Waals surface area contributed by atoms with Crippen molar-refractivity contribution in [1.82, 2.24) is 5.32 Å². The maximum Gasteiger partial charge on any atom is 0.0480 e. The first-order valence-electron chi connectivity index (χ1n) is 6.18. The molecule has 1 fully saturated rings. The number of hydrogen-bond acceptors (Lipinski definition) is 3. The highest BCUT2D eigenvalue weighted by Gasteiger charge is 2.18. The van der Waals surface area contributed by atoms with Gasteiger partial charge in [-0.2, -0.15) is 0 Å². The highest BCUT2D eigenvalue weighted by molar-refractivity contribution is 4.77. The zero-order chi connectivity index (χ0) is 11.1. The Balaban J connectivity index is 2.34. The number of aliphatic hydroxyl groups excluding tert-OH is 1. The fraction of sp³-hybridized carbons (Fsp3) is 1.00. The molecule has 2 N–H and O–H groups in total. The molecule has 1 rings (SSSR count). The first kappa shape index (κ1) is 12.9. The maximum absolute atomic E-state index is 9.01. The average molecular weight is 215 g/mol. The molecule has 3 heteroatoms. The third kappa shape index (κ3) is 4.96. The van der Waals surface area contributed by atoms with Crippen LogP contribution in [0.4, 0.5) is 0 Å². The van der Waals surface area contributed by atoms with Crippen LogP contribution in [0.25, 0.3) is 0 Å². The lowest BCUT2D eigenvalue weighted by molar-refractivity contribution is 0.141. The van der Waals surface area contributed by atoms with Gasteiger partial charge in [0.2, 0.25) is 0 Å². The van der Waals surface area contributed by atoms with E-state index in [1.165, 1.54) is 6.42 Å². The number of nitrogens with one attached hydrogen (secondary N) is 1. The molecule has 0 spiro atoms. The Morgan fingerprint density at radius 1 is 1.33 bits per heavy atom. The van der Waals surface area contributed by atoms with Crippen molar-refractivity contribution in [3.63, 3.8) is 0 Å². The number of rotatable bonds is 5. The van der Waals surface area contributed by atoms with Crippen molar-refractivity contribution in [3.8, 4) is 0 Å². The van der Waals surface area contributed by atoms with Crippen LogP contribution in [0.15, 0.2) is 0 Å². The second-order valence-electron chi connectivity index (χ2n) is 4.77. The van der Waals surface area contributed by atoms with Gasteiger partial charge in [0.25, 0.3) is 0 Å². The van der Waals surface area contributed by atoms with Crippen LogP contribution in [-0.4, -0.2) is 37.0 Å². The molecule has 15 heavy (non-hydrogen) atoms. The molecule has 0 aliphatic carbocycles. The van der Waals surface area contributed by atoms with E-state index in [1.807, 2.05) is 0 Å². The van der Waals surface area contributed by atoms with E-state index in [-0.39, 0.29) is 6.61 Å². The lowest BCUT2D eigenvalue weighted by Crippen LogP contribution is -2.42. The molecule has 0 bridgehead atoms. The summed E-state index contributed by atoms with van der Waals surface area (Å²) < 4.78 is 5.44. The zero-order valence-electron chi connectivity index (χ0n) is 10.0. The topological polar surface area (TPSA) is 41.5 Å². The Hall–Kier alpha value is -0.120. The van der Waals surface area contributed by atoms with Crippen molar-refractivity contribution in [2.45, 2.75) is 51.6 Å². The quantitative estimate of drug-likeness (QED) is 0.731. The first-order valence-corrected chi connectivity index (χ1v) is 6.18. The van der Waals surface area contributed by atoms with Crippen LogP contribution in [-0.2, 0) is 4.74 Å². The summed E-state index contributed by atoms with van der Waals surface area (Å²) in [6.07, 6.45) is 4.32. The summed E-state index contributed by atoms with van der Waals surface area (Å²) in [6.45, 7) is 6.48. The third-order valence-corrected chi connectivity index (χ3v) is 3.15. The van der Waals surface area contributed by atoms with E-state index in [4.69, 9.17) is 9.84 Å². The molecule has 0 aromatic carbocycles. The van der Waals surface area contributed by atoms with Gasteiger partial charge >= 0.3 is 0 Å². The normalized spacial score (nSPS) is 25.2. The maximum atomic E-state index is 9.01. The van der Waals surface area contributed by atoms with Gasteiger partial charge in [-0.05, 0) is 31.6 Å². The third-order valence-electron chi connectivity index (χ3n) is 3.15. The van der Waals surface area contributed by atoms with Crippen LogP contribution in [0.2, 0.25) is 0 Å². The Morgan fingerprint density at radius 3 is 2.80 bits per heavy atom. The van der Waals surface area contributed by atoms with E-state index >= 15 is 0 Å². The number of ether oxygens (including phenoxy) is 1. The summed E-state index contributed by atoms with van der Waals surface area (Å²) in [5, 5.41) is 12.7. The summed E-state index contributed by atoms with van der Waals surface area (Å²) in [4.78, 5) is 0. The number of aliphatic hydroxyl groups is 1. The molecule has 1 aliphatic heterocycles. The van der Waals surface area contributed by atoms with Crippen LogP contribution in [0, 0.1) is 5.92 Å². The molecule has 2 unspecified atom stereocenters. The highest BCUT2D eigenvalue weighted by Crippen LogP contribution is 2.13. The fourth-order valence-electron chi connectivity index (χ4n) is 2.12. The van der Waals surface area contributed by atoms with E-state index in [0.29, 0.717) is 18.0 Å². The second kappa shape index (κ2) is 7.20. The Bertz CT molecular complexity index is 154. The van der Waals surface area contributed by atoms with Crippen LogP contribution >= 0.6 is 0 Å². The Morgan fingerprint density at radius 2 is 2.13 bits per heavy atom. The van der Waals surface area contributed by atoms with Gasteiger partial charge in [-0.1, -0.05) is 13.8 Å². The van der Waals surface area contributed by atoms with Crippen molar-refractivity contribution in [1.29, 1.82) is 0 Å². The van der Waals surface area contributed by atoms with Crippen LogP contribution in [0.3, 0.4) is 0 Å². The molecule has 0 amide bonds. The van der Waals surface area contributed by atoms with Gasteiger partial charge in [0.05, 0.1) is 0 Å². The summed E-state index contributed by atoms with van der Waals surface area (Å²) in [6, 6.07) is 1.02. The van der Waals surface area contributed by atoms with Crippen LogP contribution in [0.5, 0.6) is 0 Å². The van der Waals surface area contributed by atoms with E-state index < -0.39 is 0 Å². The van der Waals surface area contributed by atoms with Crippen LogP contribution < -0.4 is 5.32 Å². The zero-order valence-corrected chi connectivity index (χ0v) is 10.0. The van der Waals surface area contributed by atoms with Crippen molar-refractivity contribution in [3.05, 3.63) is 0 Å². The monoisotopic (exact) mass is 215 g/mol. The SMILES string of the molecule is CC(C)C(CCO)NC1CCCOCC1. The Labute approximate surface area is 93.2 Å². The lowest BCUT2D eigenvalue weighted by Gasteiger charge is -2.27. The molecule has 1 saturated heterocycles. The van der Waals surface area contributed by atoms with Crippen molar-refractivity contribution >= 4 is 0 Å². The van der Waals surface area contributed by atoms with E-state index in [9.17, 15) is 0 Å². The molecule has 0 radical (unpaired) electrons. The predicted molar refractivity (Wildman–Crippen MR) is 61.9 cm³/mol. The highest BCUT2D eigenvalue weighted by atomic mass is 16.5. The predicted octanol–water partition coefficient (Wildman–Crippen LogP) is 1.55. The van der Waals surface area contributed by atoms with E-state index in [0.717, 1.165) is 32.5 Å². The molecular weight excluding hydrogens is 190 g/mol. The van der Waals surface area contributed by atoms with Gasteiger partial charge < -0.3 is 15.2 Å². The minimum absolute atomic E-state index is 0.277. The summed E-state index contributed by atoms with van der Waals surface area (Å²) in [7, 11) is 0.